The van der Waals surface area contributed by atoms with Crippen molar-refractivity contribution in [2.24, 2.45) is 7.05 Å². The van der Waals surface area contributed by atoms with Gasteiger partial charge in [-0.1, -0.05) is 0 Å². The standard InChI is InChI=1S/C17H15N5O2/c1-21-10-12(9-19-21)22-6-5-18-16(22)14-7-11-3-4-13(24-2)8-15(11)20-17(14)23/h3-10H,1-2H3,(H,20,23). The van der Waals surface area contributed by atoms with Crippen LogP contribution in [-0.4, -0.2) is 31.4 Å². The van der Waals surface area contributed by atoms with Crippen LogP contribution in [0.4, 0.5) is 0 Å². The van der Waals surface area contributed by atoms with Crippen molar-refractivity contribution >= 4 is 10.9 Å². The largest absolute Gasteiger partial charge is 0.497 e. The second-order valence-electron chi connectivity index (χ2n) is 5.46. The number of H-pyrrole nitrogens is 1. The monoisotopic (exact) mass is 321 g/mol. The Hall–Kier alpha value is -3.35. The predicted molar refractivity (Wildman–Crippen MR) is 90.4 cm³/mol. The number of aromatic amines is 1. The van der Waals surface area contributed by atoms with E-state index in [1.165, 1.54) is 0 Å². The summed E-state index contributed by atoms with van der Waals surface area (Å²) in [5, 5.41) is 5.08. The van der Waals surface area contributed by atoms with Gasteiger partial charge in [-0.3, -0.25) is 14.0 Å². The van der Waals surface area contributed by atoms with Crippen LogP contribution in [0.5, 0.6) is 5.75 Å². The molecule has 3 heterocycles. The number of imidazole rings is 1. The maximum Gasteiger partial charge on any atom is 0.259 e. The lowest BCUT2D eigenvalue weighted by Crippen LogP contribution is -2.11. The van der Waals surface area contributed by atoms with Gasteiger partial charge in [0.1, 0.15) is 11.6 Å². The van der Waals surface area contributed by atoms with E-state index in [2.05, 4.69) is 15.1 Å². The van der Waals surface area contributed by atoms with E-state index in [-0.39, 0.29) is 5.56 Å². The summed E-state index contributed by atoms with van der Waals surface area (Å²) in [6, 6.07) is 7.40. The van der Waals surface area contributed by atoms with E-state index in [1.807, 2.05) is 42.2 Å². The number of rotatable bonds is 3. The number of ether oxygens (including phenoxy) is 1. The highest BCUT2D eigenvalue weighted by Gasteiger charge is 2.13. The second kappa shape index (κ2) is 5.38. The van der Waals surface area contributed by atoms with Crippen LogP contribution >= 0.6 is 0 Å². The Kier molecular flexibility index (Phi) is 3.19. The van der Waals surface area contributed by atoms with Gasteiger partial charge in [0.25, 0.3) is 5.56 Å². The summed E-state index contributed by atoms with van der Waals surface area (Å²) >= 11 is 0. The van der Waals surface area contributed by atoms with Crippen molar-refractivity contribution in [3.05, 3.63) is 59.4 Å². The number of nitrogens with zero attached hydrogens (tertiary/aromatic N) is 4. The Balaban J connectivity index is 1.90. The molecule has 0 saturated carbocycles. The molecule has 4 rings (SSSR count). The van der Waals surface area contributed by atoms with E-state index in [1.54, 1.807) is 30.3 Å². The number of aryl methyl sites for hydroxylation is 1. The smallest absolute Gasteiger partial charge is 0.259 e. The Bertz CT molecular complexity index is 1090. The topological polar surface area (TPSA) is 77.7 Å². The molecule has 0 aliphatic carbocycles. The minimum absolute atomic E-state index is 0.202. The molecule has 0 saturated heterocycles. The van der Waals surface area contributed by atoms with Crippen molar-refractivity contribution in [1.82, 2.24) is 24.3 Å². The molecule has 4 aromatic rings. The van der Waals surface area contributed by atoms with Gasteiger partial charge >= 0.3 is 0 Å². The molecule has 0 spiro atoms. The Morgan fingerprint density at radius 2 is 2.12 bits per heavy atom. The number of methoxy groups -OCH3 is 1. The van der Waals surface area contributed by atoms with Crippen molar-refractivity contribution in [3.63, 3.8) is 0 Å². The molecule has 24 heavy (non-hydrogen) atoms. The van der Waals surface area contributed by atoms with Gasteiger partial charge in [0.05, 0.1) is 30.1 Å². The Morgan fingerprint density at radius 3 is 2.88 bits per heavy atom. The average Bonchev–Trinajstić information content (AvgIpc) is 3.22. The molecule has 0 amide bonds. The zero-order chi connectivity index (χ0) is 16.7. The number of pyridine rings is 1. The first kappa shape index (κ1) is 14.3. The van der Waals surface area contributed by atoms with Gasteiger partial charge < -0.3 is 9.72 Å². The molecular formula is C17H15N5O2. The van der Waals surface area contributed by atoms with Gasteiger partial charge in [-0.2, -0.15) is 5.10 Å². The number of benzene rings is 1. The highest BCUT2D eigenvalue weighted by atomic mass is 16.5. The van der Waals surface area contributed by atoms with Gasteiger partial charge in [0, 0.05) is 31.7 Å². The molecule has 0 unspecified atom stereocenters. The third-order valence-corrected chi connectivity index (χ3v) is 3.90. The maximum atomic E-state index is 12.5. The van der Waals surface area contributed by atoms with Gasteiger partial charge in [-0.15, -0.1) is 0 Å². The molecule has 3 aromatic heterocycles. The molecular weight excluding hydrogens is 306 g/mol. The van der Waals surface area contributed by atoms with Crippen molar-refractivity contribution in [3.8, 4) is 22.8 Å². The molecule has 0 radical (unpaired) electrons. The lowest BCUT2D eigenvalue weighted by atomic mass is 10.1. The van der Waals surface area contributed by atoms with Crippen molar-refractivity contribution < 1.29 is 4.74 Å². The van der Waals surface area contributed by atoms with E-state index < -0.39 is 0 Å². The molecule has 1 aromatic carbocycles. The lowest BCUT2D eigenvalue weighted by Gasteiger charge is -2.07. The van der Waals surface area contributed by atoms with Crippen molar-refractivity contribution in [2.45, 2.75) is 0 Å². The summed E-state index contributed by atoms with van der Waals surface area (Å²) in [5.74, 6) is 1.27. The zero-order valence-electron chi connectivity index (χ0n) is 13.2. The summed E-state index contributed by atoms with van der Waals surface area (Å²) in [7, 11) is 3.44. The average molecular weight is 321 g/mol. The molecule has 0 fully saturated rings. The minimum atomic E-state index is -0.202. The van der Waals surface area contributed by atoms with Crippen molar-refractivity contribution in [1.29, 1.82) is 0 Å². The molecule has 7 nitrogen and oxygen atoms in total. The third kappa shape index (κ3) is 2.26. The maximum absolute atomic E-state index is 12.5. The van der Waals surface area contributed by atoms with E-state index >= 15 is 0 Å². The lowest BCUT2D eigenvalue weighted by molar-refractivity contribution is 0.415. The summed E-state index contributed by atoms with van der Waals surface area (Å²) in [4.78, 5) is 19.8. The van der Waals surface area contributed by atoms with Crippen LogP contribution in [0.2, 0.25) is 0 Å². The van der Waals surface area contributed by atoms with E-state index in [0.717, 1.165) is 16.6 Å². The normalized spacial score (nSPS) is 11.1. The first-order valence-electron chi connectivity index (χ1n) is 7.39. The molecule has 1 N–H and O–H groups in total. The van der Waals surface area contributed by atoms with Crippen LogP contribution in [0, 0.1) is 0 Å². The number of aromatic nitrogens is 5. The number of fused-ring (bicyclic) bond motifs is 1. The molecule has 0 bridgehead atoms. The highest BCUT2D eigenvalue weighted by Crippen LogP contribution is 2.23. The Morgan fingerprint density at radius 1 is 1.25 bits per heavy atom. The number of hydrogen-bond acceptors (Lipinski definition) is 4. The zero-order valence-corrected chi connectivity index (χ0v) is 13.2. The van der Waals surface area contributed by atoms with Crippen LogP contribution in [0.3, 0.4) is 0 Å². The van der Waals surface area contributed by atoms with Crippen LogP contribution < -0.4 is 10.3 Å². The quantitative estimate of drug-likeness (QED) is 0.627. The first-order chi connectivity index (χ1) is 11.7. The molecule has 0 aliphatic rings. The van der Waals surface area contributed by atoms with Crippen LogP contribution in [-0.2, 0) is 7.05 Å². The summed E-state index contributed by atoms with van der Waals surface area (Å²) < 4.78 is 8.74. The fourth-order valence-electron chi connectivity index (χ4n) is 2.72. The van der Waals surface area contributed by atoms with E-state index in [4.69, 9.17) is 4.74 Å². The van der Waals surface area contributed by atoms with Crippen LogP contribution in [0.15, 0.2) is 53.8 Å². The molecule has 0 atom stereocenters. The Labute approximate surface area is 137 Å². The molecule has 120 valence electrons. The summed E-state index contributed by atoms with van der Waals surface area (Å²) in [5.41, 5.74) is 1.87. The van der Waals surface area contributed by atoms with Crippen LogP contribution in [0.25, 0.3) is 28.0 Å². The first-order valence-corrected chi connectivity index (χ1v) is 7.39. The fraction of sp³-hybridized carbons (Fsp3) is 0.118. The molecule has 7 heteroatoms. The summed E-state index contributed by atoms with van der Waals surface area (Å²) in [6.45, 7) is 0. The third-order valence-electron chi connectivity index (χ3n) is 3.90. The van der Waals surface area contributed by atoms with Gasteiger partial charge in [-0.05, 0) is 23.6 Å². The van der Waals surface area contributed by atoms with Gasteiger partial charge in [-0.25, -0.2) is 4.98 Å². The van der Waals surface area contributed by atoms with Crippen molar-refractivity contribution in [2.75, 3.05) is 7.11 Å². The van der Waals surface area contributed by atoms with E-state index in [0.29, 0.717) is 17.1 Å². The van der Waals surface area contributed by atoms with Crippen LogP contribution in [0.1, 0.15) is 0 Å². The number of hydrogen-bond donors (Lipinski definition) is 1. The highest BCUT2D eigenvalue weighted by molar-refractivity contribution is 5.83. The van der Waals surface area contributed by atoms with Gasteiger partial charge in [0.2, 0.25) is 0 Å². The second-order valence-corrected chi connectivity index (χ2v) is 5.46. The van der Waals surface area contributed by atoms with Gasteiger partial charge in [0.15, 0.2) is 0 Å². The van der Waals surface area contributed by atoms with E-state index in [9.17, 15) is 4.79 Å². The molecule has 0 aliphatic heterocycles. The minimum Gasteiger partial charge on any atom is -0.497 e. The number of nitrogens with one attached hydrogen (secondary N) is 1. The SMILES string of the molecule is COc1ccc2cc(-c3nccn3-c3cnn(C)c3)c(=O)[nH]c2c1. The summed E-state index contributed by atoms with van der Waals surface area (Å²) in [6.07, 6.45) is 7.07. The fourth-order valence-corrected chi connectivity index (χ4v) is 2.72. The predicted octanol–water partition coefficient (Wildman–Crippen LogP) is 2.12.